The topological polar surface area (TPSA) is 66.4 Å². The summed E-state index contributed by atoms with van der Waals surface area (Å²) in [5, 5.41) is 3.79. The second-order valence-electron chi connectivity index (χ2n) is 6.55. The quantitative estimate of drug-likeness (QED) is 0.166. The molecule has 0 unspecified atom stereocenters. The van der Waals surface area contributed by atoms with Crippen molar-refractivity contribution >= 4 is 34.2 Å². The van der Waals surface area contributed by atoms with Crippen LogP contribution in [0.25, 0.3) is 6.08 Å². The summed E-state index contributed by atoms with van der Waals surface area (Å²) < 4.78 is 17.3. The van der Waals surface area contributed by atoms with E-state index in [0.29, 0.717) is 29.4 Å². The summed E-state index contributed by atoms with van der Waals surface area (Å²) in [4.78, 5) is 16.9. The molecule has 164 valence electrons. The summed E-state index contributed by atoms with van der Waals surface area (Å²) >= 11 is 3.41. The Labute approximate surface area is 195 Å². The van der Waals surface area contributed by atoms with Gasteiger partial charge in [0.25, 0.3) is 0 Å². The Balaban J connectivity index is 1.58. The maximum Gasteiger partial charge on any atom is 0.358 e. The molecule has 0 aliphatic rings. The largest absolute Gasteiger partial charge is 0.493 e. The Morgan fingerprint density at radius 3 is 2.44 bits per heavy atom. The van der Waals surface area contributed by atoms with Crippen LogP contribution >= 0.6 is 15.9 Å². The van der Waals surface area contributed by atoms with Gasteiger partial charge in [0.2, 0.25) is 0 Å². The molecule has 0 spiro atoms. The number of hydrogen-bond acceptors (Lipinski definition) is 6. The smallest absolute Gasteiger partial charge is 0.358 e. The molecule has 0 heterocycles. The first kappa shape index (κ1) is 23.1. The predicted molar refractivity (Wildman–Crippen MR) is 127 cm³/mol. The van der Waals surface area contributed by atoms with Crippen molar-refractivity contribution in [1.29, 1.82) is 0 Å². The van der Waals surface area contributed by atoms with E-state index in [4.69, 9.17) is 19.0 Å². The van der Waals surface area contributed by atoms with Gasteiger partial charge in [-0.05, 0) is 53.6 Å². The third-order valence-corrected chi connectivity index (χ3v) is 4.91. The van der Waals surface area contributed by atoms with Gasteiger partial charge in [-0.1, -0.05) is 51.4 Å². The van der Waals surface area contributed by atoms with Gasteiger partial charge in [0.15, 0.2) is 11.5 Å². The van der Waals surface area contributed by atoms with Gasteiger partial charge in [-0.15, -0.1) is 0 Å². The molecule has 0 atom stereocenters. The molecule has 0 saturated carbocycles. The molecular formula is C25H22BrNO5. The van der Waals surface area contributed by atoms with Crippen molar-refractivity contribution in [3.05, 3.63) is 94.0 Å². The number of ether oxygens (including phenoxy) is 3. The number of oxime groups is 1. The van der Waals surface area contributed by atoms with Crippen LogP contribution in [-0.4, -0.2) is 26.4 Å². The number of hydrogen-bond donors (Lipinski definition) is 0. The molecule has 0 fully saturated rings. The Bertz CT molecular complexity index is 1110. The maximum absolute atomic E-state index is 12.0. The first-order valence-electron chi connectivity index (χ1n) is 9.70. The zero-order valence-electron chi connectivity index (χ0n) is 17.7. The summed E-state index contributed by atoms with van der Waals surface area (Å²) in [5.74, 6) is 1.21. The molecule has 7 heteroatoms. The molecule has 0 aliphatic carbocycles. The lowest BCUT2D eigenvalue weighted by Gasteiger charge is -2.09. The average Bonchev–Trinajstić information content (AvgIpc) is 2.83. The van der Waals surface area contributed by atoms with E-state index >= 15 is 0 Å². The molecule has 0 bridgehead atoms. The van der Waals surface area contributed by atoms with Crippen LogP contribution in [0.1, 0.15) is 16.7 Å². The first-order chi connectivity index (χ1) is 15.6. The van der Waals surface area contributed by atoms with Gasteiger partial charge in [0, 0.05) is 16.1 Å². The van der Waals surface area contributed by atoms with Gasteiger partial charge in [0.05, 0.1) is 20.4 Å². The summed E-state index contributed by atoms with van der Waals surface area (Å²) in [6.07, 6.45) is 4.34. The van der Waals surface area contributed by atoms with Gasteiger partial charge < -0.3 is 19.0 Å². The SMILES string of the molecule is COc1ccc(C=CC(=O)ON=Cc2ccccc2OCc2ccc(Br)cc2)cc1OC. The fourth-order valence-electron chi connectivity index (χ4n) is 2.75. The molecule has 32 heavy (non-hydrogen) atoms. The third kappa shape index (κ3) is 6.72. The molecule has 0 radical (unpaired) electrons. The van der Waals surface area contributed by atoms with Gasteiger partial charge in [0.1, 0.15) is 12.4 Å². The minimum atomic E-state index is -0.607. The molecule has 3 aromatic carbocycles. The van der Waals surface area contributed by atoms with E-state index in [2.05, 4.69) is 21.1 Å². The minimum absolute atomic E-state index is 0.409. The fourth-order valence-corrected chi connectivity index (χ4v) is 3.01. The number of methoxy groups -OCH3 is 2. The highest BCUT2D eigenvalue weighted by Crippen LogP contribution is 2.28. The molecular weight excluding hydrogens is 474 g/mol. The van der Waals surface area contributed by atoms with Crippen LogP contribution < -0.4 is 14.2 Å². The summed E-state index contributed by atoms with van der Waals surface area (Å²) in [5.41, 5.74) is 2.49. The van der Waals surface area contributed by atoms with Gasteiger partial charge in [-0.3, -0.25) is 0 Å². The third-order valence-electron chi connectivity index (χ3n) is 4.38. The lowest BCUT2D eigenvalue weighted by molar-refractivity contribution is -0.137. The normalized spacial score (nSPS) is 11.0. The highest BCUT2D eigenvalue weighted by molar-refractivity contribution is 9.10. The summed E-state index contributed by atoms with van der Waals surface area (Å²) in [6.45, 7) is 0.409. The second-order valence-corrected chi connectivity index (χ2v) is 7.46. The highest BCUT2D eigenvalue weighted by atomic mass is 79.9. The van der Waals surface area contributed by atoms with Crippen molar-refractivity contribution in [2.24, 2.45) is 5.16 Å². The zero-order chi connectivity index (χ0) is 22.8. The van der Waals surface area contributed by atoms with E-state index in [1.165, 1.54) is 12.3 Å². The lowest BCUT2D eigenvalue weighted by Crippen LogP contribution is -1.99. The first-order valence-corrected chi connectivity index (χ1v) is 10.5. The van der Waals surface area contributed by atoms with Crippen LogP contribution in [0.4, 0.5) is 0 Å². The van der Waals surface area contributed by atoms with Crippen molar-refractivity contribution in [1.82, 2.24) is 0 Å². The van der Waals surface area contributed by atoms with E-state index in [1.807, 2.05) is 48.5 Å². The van der Waals surface area contributed by atoms with Crippen LogP contribution in [0.15, 0.2) is 82.4 Å². The minimum Gasteiger partial charge on any atom is -0.493 e. The van der Waals surface area contributed by atoms with Crippen LogP contribution in [0, 0.1) is 0 Å². The van der Waals surface area contributed by atoms with E-state index in [0.717, 1.165) is 15.6 Å². The maximum atomic E-state index is 12.0. The second kappa shape index (κ2) is 11.7. The molecule has 0 aliphatic heterocycles. The standard InChI is InChI=1S/C25H22BrNO5/c1-29-23-13-9-18(15-24(23)30-2)10-14-25(28)32-27-16-20-5-3-4-6-22(20)31-17-19-7-11-21(26)12-8-19/h3-16H,17H2,1-2H3. The Kier molecular flexibility index (Phi) is 8.45. The van der Waals surface area contributed by atoms with Crippen molar-refractivity contribution in [3.63, 3.8) is 0 Å². The zero-order valence-corrected chi connectivity index (χ0v) is 19.2. The number of nitrogens with zero attached hydrogens (tertiary/aromatic N) is 1. The van der Waals surface area contributed by atoms with E-state index < -0.39 is 5.97 Å². The average molecular weight is 496 g/mol. The number of carbonyl (C=O) groups is 1. The summed E-state index contributed by atoms with van der Waals surface area (Å²) in [7, 11) is 3.11. The predicted octanol–water partition coefficient (Wildman–Crippen LogP) is 5.64. The number of rotatable bonds is 9. The molecule has 3 rings (SSSR count). The van der Waals surface area contributed by atoms with E-state index in [-0.39, 0.29) is 0 Å². The van der Waals surface area contributed by atoms with Crippen molar-refractivity contribution < 1.29 is 23.8 Å². The Morgan fingerprint density at radius 1 is 0.938 bits per heavy atom. The number of halogens is 1. The lowest BCUT2D eigenvalue weighted by atomic mass is 10.2. The van der Waals surface area contributed by atoms with Crippen LogP contribution in [-0.2, 0) is 16.2 Å². The molecule has 0 N–H and O–H groups in total. The number of para-hydroxylation sites is 1. The van der Waals surface area contributed by atoms with Crippen LogP contribution in [0.3, 0.4) is 0 Å². The van der Waals surface area contributed by atoms with Crippen molar-refractivity contribution in [2.45, 2.75) is 6.61 Å². The van der Waals surface area contributed by atoms with E-state index in [9.17, 15) is 4.79 Å². The highest BCUT2D eigenvalue weighted by Gasteiger charge is 2.05. The van der Waals surface area contributed by atoms with Gasteiger partial charge in [-0.25, -0.2) is 4.79 Å². The van der Waals surface area contributed by atoms with Gasteiger partial charge >= 0.3 is 5.97 Å². The summed E-state index contributed by atoms with van der Waals surface area (Å²) in [6, 6.07) is 20.6. The number of carbonyl (C=O) groups excluding carboxylic acids is 1. The Morgan fingerprint density at radius 2 is 1.69 bits per heavy atom. The number of benzene rings is 3. The Hall–Kier alpha value is -3.58. The van der Waals surface area contributed by atoms with Crippen LogP contribution in [0.2, 0.25) is 0 Å². The monoisotopic (exact) mass is 495 g/mol. The van der Waals surface area contributed by atoms with Crippen molar-refractivity contribution in [2.75, 3.05) is 14.2 Å². The molecule has 0 saturated heterocycles. The molecule has 6 nitrogen and oxygen atoms in total. The van der Waals surface area contributed by atoms with Gasteiger partial charge in [-0.2, -0.15) is 0 Å². The molecule has 0 aromatic heterocycles. The van der Waals surface area contributed by atoms with Crippen LogP contribution in [0.5, 0.6) is 17.2 Å². The van der Waals surface area contributed by atoms with E-state index in [1.54, 1.807) is 38.5 Å². The fraction of sp³-hybridized carbons (Fsp3) is 0.120. The van der Waals surface area contributed by atoms with Crippen molar-refractivity contribution in [3.8, 4) is 17.2 Å². The molecule has 0 amide bonds. The molecule has 3 aromatic rings.